The number of nitriles is 1. The van der Waals surface area contributed by atoms with Gasteiger partial charge in [0.25, 0.3) is 0 Å². The molecule has 0 heterocycles. The average molecular weight is 266 g/mol. The predicted molar refractivity (Wildman–Crippen MR) is 67.0 cm³/mol. The lowest BCUT2D eigenvalue weighted by molar-refractivity contribution is 0.0697. The third-order valence-electron chi connectivity index (χ3n) is 1.86. The first-order valence-electron chi connectivity index (χ1n) is 4.56. The average Bonchev–Trinajstić information content (AvgIpc) is 2.28. The quantitative estimate of drug-likeness (QED) is 0.369. The van der Waals surface area contributed by atoms with Gasteiger partial charge in [0, 0.05) is 0 Å². The largest absolute Gasteiger partial charge is 0.478 e. The Morgan fingerprint density at radius 2 is 2.28 bits per heavy atom. The Morgan fingerprint density at radius 1 is 1.61 bits per heavy atom. The molecule has 0 saturated heterocycles. The minimum atomic E-state index is -1.14. The van der Waals surface area contributed by atoms with Crippen LogP contribution in [-0.2, 0) is 0 Å². The van der Waals surface area contributed by atoms with E-state index in [1.54, 1.807) is 6.07 Å². The molecule has 0 saturated carbocycles. The summed E-state index contributed by atoms with van der Waals surface area (Å²) in [6.45, 7) is 0. The number of carboxylic acid groups (broad SMARTS) is 1. The number of hydrazone groups is 1. The second-order valence-corrected chi connectivity index (χ2v) is 3.50. The molecular weight excluding hydrogens is 258 g/mol. The summed E-state index contributed by atoms with van der Waals surface area (Å²) in [4.78, 5) is 10.7. The Balaban J connectivity index is 2.95. The van der Waals surface area contributed by atoms with Gasteiger partial charge in [0.2, 0.25) is 5.71 Å². The van der Waals surface area contributed by atoms with Crippen molar-refractivity contribution < 1.29 is 9.90 Å². The second-order valence-electron chi connectivity index (χ2n) is 3.10. The molecule has 0 bridgehead atoms. The number of carbonyl (C=O) groups is 1. The standard InChI is InChI=1S/C10H8ClN5O2/c11-7-3-5(1-2-6(7)10(17)18)15-16-8(4-12)9(13)14/h1-3,15H,(H3,13,14)(H,17,18)/b16-8+. The number of rotatable bonds is 4. The van der Waals surface area contributed by atoms with Crippen LogP contribution < -0.4 is 11.2 Å². The number of nitrogens with zero attached hydrogens (tertiary/aromatic N) is 2. The molecule has 0 amide bonds. The molecule has 8 heteroatoms. The highest BCUT2D eigenvalue weighted by molar-refractivity contribution is 6.45. The summed E-state index contributed by atoms with van der Waals surface area (Å²) in [6, 6.07) is 5.68. The van der Waals surface area contributed by atoms with E-state index in [2.05, 4.69) is 10.5 Å². The second kappa shape index (κ2) is 5.65. The molecule has 1 aromatic rings. The highest BCUT2D eigenvalue weighted by atomic mass is 35.5. The predicted octanol–water partition coefficient (Wildman–Crippen LogP) is 1.27. The van der Waals surface area contributed by atoms with Crippen molar-refractivity contribution in [3.8, 4) is 6.07 Å². The molecule has 7 nitrogen and oxygen atoms in total. The van der Waals surface area contributed by atoms with E-state index in [-0.39, 0.29) is 16.3 Å². The molecule has 92 valence electrons. The lowest BCUT2D eigenvalue weighted by Crippen LogP contribution is -2.21. The van der Waals surface area contributed by atoms with Crippen molar-refractivity contribution >= 4 is 34.8 Å². The van der Waals surface area contributed by atoms with Crippen molar-refractivity contribution in [3.63, 3.8) is 0 Å². The monoisotopic (exact) mass is 265 g/mol. The molecule has 0 atom stereocenters. The summed E-state index contributed by atoms with van der Waals surface area (Å²) >= 11 is 5.73. The maximum atomic E-state index is 10.7. The van der Waals surface area contributed by atoms with Crippen molar-refractivity contribution in [1.29, 1.82) is 10.7 Å². The first-order chi connectivity index (χ1) is 8.45. The van der Waals surface area contributed by atoms with E-state index in [1.807, 2.05) is 0 Å². The third kappa shape index (κ3) is 3.20. The molecule has 0 aliphatic carbocycles. The molecule has 0 spiro atoms. The highest BCUT2D eigenvalue weighted by Crippen LogP contribution is 2.20. The zero-order chi connectivity index (χ0) is 13.7. The summed E-state index contributed by atoms with van der Waals surface area (Å²) in [7, 11) is 0. The number of hydrogen-bond acceptors (Lipinski definition) is 5. The van der Waals surface area contributed by atoms with Crippen LogP contribution in [0.25, 0.3) is 0 Å². The number of hydrogen-bond donors (Lipinski definition) is 4. The number of nitrogens with one attached hydrogen (secondary N) is 2. The Kier molecular flexibility index (Phi) is 4.23. The van der Waals surface area contributed by atoms with E-state index in [0.717, 1.165) is 0 Å². The van der Waals surface area contributed by atoms with Crippen LogP contribution in [0.5, 0.6) is 0 Å². The van der Waals surface area contributed by atoms with E-state index in [9.17, 15) is 4.79 Å². The number of anilines is 1. The lowest BCUT2D eigenvalue weighted by Gasteiger charge is -2.03. The van der Waals surface area contributed by atoms with Crippen LogP contribution >= 0.6 is 11.6 Å². The molecule has 5 N–H and O–H groups in total. The minimum absolute atomic E-state index is 0.0315. The highest BCUT2D eigenvalue weighted by Gasteiger charge is 2.08. The zero-order valence-electron chi connectivity index (χ0n) is 8.94. The fourth-order valence-electron chi connectivity index (χ4n) is 1.02. The molecule has 0 aromatic heterocycles. The molecule has 0 fully saturated rings. The maximum Gasteiger partial charge on any atom is 0.337 e. The van der Waals surface area contributed by atoms with Gasteiger partial charge in [-0.1, -0.05) is 11.6 Å². The molecule has 0 aliphatic heterocycles. The fraction of sp³-hybridized carbons (Fsp3) is 0. The van der Waals surface area contributed by atoms with Crippen molar-refractivity contribution in [2.75, 3.05) is 5.43 Å². The van der Waals surface area contributed by atoms with Crippen molar-refractivity contribution in [2.45, 2.75) is 0 Å². The van der Waals surface area contributed by atoms with Gasteiger partial charge in [-0.05, 0) is 18.2 Å². The smallest absolute Gasteiger partial charge is 0.337 e. The van der Waals surface area contributed by atoms with Gasteiger partial charge in [0.15, 0.2) is 5.84 Å². The van der Waals surface area contributed by atoms with Crippen LogP contribution in [-0.4, -0.2) is 22.6 Å². The van der Waals surface area contributed by atoms with Crippen molar-refractivity contribution in [1.82, 2.24) is 0 Å². The van der Waals surface area contributed by atoms with Gasteiger partial charge < -0.3 is 10.8 Å². The van der Waals surface area contributed by atoms with Gasteiger partial charge in [0.05, 0.1) is 16.3 Å². The third-order valence-corrected chi connectivity index (χ3v) is 2.17. The van der Waals surface area contributed by atoms with Crippen molar-refractivity contribution in [3.05, 3.63) is 28.8 Å². The first-order valence-corrected chi connectivity index (χ1v) is 4.94. The summed E-state index contributed by atoms with van der Waals surface area (Å²) in [5.41, 5.74) is 7.59. The van der Waals surface area contributed by atoms with Crippen LogP contribution in [0.4, 0.5) is 5.69 Å². The molecule has 1 rings (SSSR count). The summed E-state index contributed by atoms with van der Waals surface area (Å²) in [6.07, 6.45) is 0. The topological polar surface area (TPSA) is 135 Å². The van der Waals surface area contributed by atoms with Crippen LogP contribution in [0.2, 0.25) is 5.02 Å². The Labute approximate surface area is 107 Å². The Bertz CT molecular complexity index is 576. The van der Waals surface area contributed by atoms with E-state index < -0.39 is 11.8 Å². The zero-order valence-corrected chi connectivity index (χ0v) is 9.69. The van der Waals surface area contributed by atoms with Crippen LogP contribution in [0.1, 0.15) is 10.4 Å². The van der Waals surface area contributed by atoms with E-state index in [0.29, 0.717) is 5.69 Å². The normalized spacial score (nSPS) is 10.6. The Morgan fingerprint density at radius 3 is 2.72 bits per heavy atom. The van der Waals surface area contributed by atoms with Gasteiger partial charge in [0.1, 0.15) is 6.07 Å². The first kappa shape index (κ1) is 13.5. The number of amidine groups is 1. The van der Waals surface area contributed by atoms with Gasteiger partial charge in [-0.15, -0.1) is 0 Å². The summed E-state index contributed by atoms with van der Waals surface area (Å²) < 4.78 is 0. The van der Waals surface area contributed by atoms with Gasteiger partial charge in [-0.2, -0.15) is 10.4 Å². The SMILES string of the molecule is N#C/C(=N\Nc1ccc(C(=O)O)c(Cl)c1)C(=N)N. The van der Waals surface area contributed by atoms with E-state index in [4.69, 9.17) is 33.1 Å². The van der Waals surface area contributed by atoms with Crippen LogP contribution in [0.3, 0.4) is 0 Å². The number of carboxylic acids is 1. The number of nitrogens with two attached hydrogens (primary N) is 1. The van der Waals surface area contributed by atoms with Crippen LogP contribution in [0.15, 0.2) is 23.3 Å². The minimum Gasteiger partial charge on any atom is -0.478 e. The Hall–Kier alpha value is -2.59. The molecular formula is C10H8ClN5O2. The molecule has 1 aromatic carbocycles. The lowest BCUT2D eigenvalue weighted by atomic mass is 10.2. The maximum absolute atomic E-state index is 10.7. The molecule has 18 heavy (non-hydrogen) atoms. The molecule has 0 unspecified atom stereocenters. The van der Waals surface area contributed by atoms with E-state index >= 15 is 0 Å². The van der Waals surface area contributed by atoms with Crippen LogP contribution in [0, 0.1) is 16.7 Å². The van der Waals surface area contributed by atoms with Gasteiger partial charge in [-0.3, -0.25) is 10.8 Å². The molecule has 0 aliphatic rings. The number of halogens is 1. The van der Waals surface area contributed by atoms with Gasteiger partial charge in [-0.25, -0.2) is 4.79 Å². The summed E-state index contributed by atoms with van der Waals surface area (Å²) in [5, 5.41) is 28.0. The summed E-state index contributed by atoms with van der Waals surface area (Å²) in [5.74, 6) is -1.62. The number of benzene rings is 1. The van der Waals surface area contributed by atoms with E-state index in [1.165, 1.54) is 18.2 Å². The molecule has 0 radical (unpaired) electrons. The van der Waals surface area contributed by atoms with Gasteiger partial charge >= 0.3 is 5.97 Å². The van der Waals surface area contributed by atoms with Crippen molar-refractivity contribution in [2.24, 2.45) is 10.8 Å². The fourth-order valence-corrected chi connectivity index (χ4v) is 1.29. The number of aromatic carboxylic acids is 1.